The van der Waals surface area contributed by atoms with Crippen molar-refractivity contribution in [2.24, 2.45) is 0 Å². The van der Waals surface area contributed by atoms with Crippen LogP contribution in [0.2, 0.25) is 0 Å². The Labute approximate surface area is 175 Å². The molecule has 2 unspecified atom stereocenters. The van der Waals surface area contributed by atoms with Crippen LogP contribution >= 0.6 is 11.8 Å². The van der Waals surface area contributed by atoms with Gasteiger partial charge in [0, 0.05) is 24.2 Å². The molecular formula is C20H26N4O3S2. The minimum Gasteiger partial charge on any atom is -0.338 e. The van der Waals surface area contributed by atoms with Gasteiger partial charge in [-0.2, -0.15) is 0 Å². The smallest absolute Gasteiger partial charge is 0.236 e. The van der Waals surface area contributed by atoms with Gasteiger partial charge in [0.25, 0.3) is 0 Å². The maximum absolute atomic E-state index is 13.1. The highest BCUT2D eigenvalue weighted by Gasteiger charge is 2.36. The largest absolute Gasteiger partial charge is 0.338 e. The Bertz CT molecular complexity index is 986. The van der Waals surface area contributed by atoms with Gasteiger partial charge < -0.3 is 4.90 Å². The van der Waals surface area contributed by atoms with Crippen molar-refractivity contribution in [3.05, 3.63) is 36.2 Å². The number of aromatic nitrogens is 3. The Kier molecular flexibility index (Phi) is 5.70. The van der Waals surface area contributed by atoms with Crippen molar-refractivity contribution in [3.63, 3.8) is 0 Å². The van der Waals surface area contributed by atoms with Gasteiger partial charge in [-0.15, -0.1) is 10.2 Å². The molecule has 2 aliphatic rings. The van der Waals surface area contributed by atoms with E-state index in [0.717, 1.165) is 24.4 Å². The first-order valence-electron chi connectivity index (χ1n) is 10.1. The molecule has 1 saturated heterocycles. The quantitative estimate of drug-likeness (QED) is 0.623. The van der Waals surface area contributed by atoms with E-state index in [1.54, 1.807) is 4.90 Å². The standard InChI is InChI=1S/C20H26N4O3S2/c1-3-23(17-11-12-29(26,27)13-17)19(25)14(2)28-20-22-21-18(15-9-10-15)24(20)16-7-5-4-6-8-16/h4-8,14-15,17H,3,9-13H2,1-2H3. The Morgan fingerprint density at radius 1 is 1.24 bits per heavy atom. The lowest BCUT2D eigenvalue weighted by molar-refractivity contribution is -0.131. The Hall–Kier alpha value is -1.87. The molecule has 4 rings (SSSR count). The van der Waals surface area contributed by atoms with Gasteiger partial charge in [-0.3, -0.25) is 9.36 Å². The number of sulfone groups is 1. The number of benzene rings is 1. The molecule has 156 valence electrons. The molecule has 2 aromatic rings. The second-order valence-electron chi connectivity index (χ2n) is 7.73. The SMILES string of the molecule is CCN(C(=O)C(C)Sc1nnc(C2CC2)n1-c1ccccc1)C1CCS(=O)(=O)C1. The van der Waals surface area contributed by atoms with Crippen molar-refractivity contribution in [1.29, 1.82) is 0 Å². The molecule has 1 amide bonds. The van der Waals surface area contributed by atoms with Gasteiger partial charge >= 0.3 is 0 Å². The minimum absolute atomic E-state index is 0.0461. The fourth-order valence-corrected chi connectivity index (χ4v) is 6.52. The summed E-state index contributed by atoms with van der Waals surface area (Å²) in [6.45, 7) is 4.26. The van der Waals surface area contributed by atoms with E-state index in [2.05, 4.69) is 14.8 Å². The molecule has 9 heteroatoms. The van der Waals surface area contributed by atoms with Crippen molar-refractivity contribution in [2.75, 3.05) is 18.1 Å². The van der Waals surface area contributed by atoms with Crippen LogP contribution in [0.5, 0.6) is 0 Å². The first-order valence-corrected chi connectivity index (χ1v) is 12.8. The van der Waals surface area contributed by atoms with Gasteiger partial charge in [0.05, 0.1) is 16.8 Å². The van der Waals surface area contributed by atoms with E-state index < -0.39 is 9.84 Å². The van der Waals surface area contributed by atoms with Crippen LogP contribution in [-0.2, 0) is 14.6 Å². The summed E-state index contributed by atoms with van der Waals surface area (Å²) in [7, 11) is -3.04. The van der Waals surface area contributed by atoms with Gasteiger partial charge in [-0.05, 0) is 45.2 Å². The number of nitrogens with zero attached hydrogens (tertiary/aromatic N) is 4. The van der Waals surface area contributed by atoms with Gasteiger partial charge in [0.2, 0.25) is 5.91 Å². The van der Waals surface area contributed by atoms with Crippen molar-refractivity contribution in [3.8, 4) is 5.69 Å². The zero-order valence-corrected chi connectivity index (χ0v) is 18.3. The highest BCUT2D eigenvalue weighted by Crippen LogP contribution is 2.41. The van der Waals surface area contributed by atoms with Gasteiger partial charge in [-0.25, -0.2) is 8.42 Å². The molecule has 7 nitrogen and oxygen atoms in total. The molecule has 0 bridgehead atoms. The first-order chi connectivity index (χ1) is 13.9. The Balaban J connectivity index is 1.55. The summed E-state index contributed by atoms with van der Waals surface area (Å²) in [5.41, 5.74) is 0.996. The molecule has 0 N–H and O–H groups in total. The van der Waals surface area contributed by atoms with E-state index in [9.17, 15) is 13.2 Å². The summed E-state index contributed by atoms with van der Waals surface area (Å²) in [6.07, 6.45) is 2.75. The highest BCUT2D eigenvalue weighted by molar-refractivity contribution is 8.00. The molecule has 1 aromatic heterocycles. The summed E-state index contributed by atoms with van der Waals surface area (Å²) >= 11 is 1.39. The molecule has 0 radical (unpaired) electrons. The molecular weight excluding hydrogens is 408 g/mol. The molecule has 29 heavy (non-hydrogen) atoms. The van der Waals surface area contributed by atoms with E-state index >= 15 is 0 Å². The molecule has 2 atom stereocenters. The zero-order valence-electron chi connectivity index (χ0n) is 16.7. The van der Waals surface area contributed by atoms with Crippen molar-refractivity contribution >= 4 is 27.5 Å². The van der Waals surface area contributed by atoms with E-state index in [1.165, 1.54) is 11.8 Å². The lowest BCUT2D eigenvalue weighted by atomic mass is 10.2. The average molecular weight is 435 g/mol. The molecule has 1 aliphatic heterocycles. The third-order valence-electron chi connectivity index (χ3n) is 5.52. The molecule has 1 aliphatic carbocycles. The van der Waals surface area contributed by atoms with Crippen LogP contribution < -0.4 is 0 Å². The fourth-order valence-electron chi connectivity index (χ4n) is 3.84. The highest BCUT2D eigenvalue weighted by atomic mass is 32.2. The number of para-hydroxylation sites is 1. The summed E-state index contributed by atoms with van der Waals surface area (Å²) in [4.78, 5) is 14.8. The molecule has 2 fully saturated rings. The second-order valence-corrected chi connectivity index (χ2v) is 11.3. The van der Waals surface area contributed by atoms with E-state index in [4.69, 9.17) is 0 Å². The predicted molar refractivity (Wildman–Crippen MR) is 113 cm³/mol. The van der Waals surface area contributed by atoms with Crippen LogP contribution in [0.3, 0.4) is 0 Å². The topological polar surface area (TPSA) is 85.2 Å². The van der Waals surface area contributed by atoms with Crippen LogP contribution in [0.1, 0.15) is 44.9 Å². The van der Waals surface area contributed by atoms with E-state index in [1.807, 2.05) is 44.2 Å². The maximum Gasteiger partial charge on any atom is 0.236 e. The predicted octanol–water partition coefficient (Wildman–Crippen LogP) is 2.66. The number of amides is 1. The monoisotopic (exact) mass is 434 g/mol. The van der Waals surface area contributed by atoms with Crippen LogP contribution in [0.15, 0.2) is 35.5 Å². The Morgan fingerprint density at radius 2 is 1.97 bits per heavy atom. The maximum atomic E-state index is 13.1. The lowest BCUT2D eigenvalue weighted by Gasteiger charge is -2.29. The summed E-state index contributed by atoms with van der Waals surface area (Å²) < 4.78 is 25.8. The van der Waals surface area contributed by atoms with Crippen LogP contribution in [0.25, 0.3) is 5.69 Å². The average Bonchev–Trinajstić information content (AvgIpc) is 3.37. The minimum atomic E-state index is -3.04. The van der Waals surface area contributed by atoms with E-state index in [0.29, 0.717) is 24.0 Å². The number of rotatable bonds is 7. The molecule has 1 saturated carbocycles. The normalized spacial score (nSPS) is 21.8. The van der Waals surface area contributed by atoms with Crippen molar-refractivity contribution in [2.45, 2.75) is 55.5 Å². The number of thioether (sulfide) groups is 1. The van der Waals surface area contributed by atoms with Gasteiger partial charge in [0.15, 0.2) is 15.0 Å². The summed E-state index contributed by atoms with van der Waals surface area (Å²) in [6, 6.07) is 9.75. The first kappa shape index (κ1) is 20.4. The molecule has 0 spiro atoms. The third-order valence-corrected chi connectivity index (χ3v) is 8.30. The number of hydrogen-bond donors (Lipinski definition) is 0. The number of carbonyl (C=O) groups is 1. The molecule has 1 aromatic carbocycles. The fraction of sp³-hybridized carbons (Fsp3) is 0.550. The summed E-state index contributed by atoms with van der Waals surface area (Å²) in [5, 5.41) is 9.13. The second kappa shape index (κ2) is 8.10. The van der Waals surface area contributed by atoms with Gasteiger partial charge in [0.1, 0.15) is 5.82 Å². The number of hydrogen-bond acceptors (Lipinski definition) is 6. The summed E-state index contributed by atoms with van der Waals surface area (Å²) in [5.74, 6) is 1.56. The lowest BCUT2D eigenvalue weighted by Crippen LogP contribution is -2.44. The molecule has 2 heterocycles. The van der Waals surface area contributed by atoms with Gasteiger partial charge in [-0.1, -0.05) is 30.0 Å². The van der Waals surface area contributed by atoms with Crippen molar-refractivity contribution < 1.29 is 13.2 Å². The van der Waals surface area contributed by atoms with E-state index in [-0.39, 0.29) is 28.7 Å². The third kappa shape index (κ3) is 4.35. The van der Waals surface area contributed by atoms with Crippen LogP contribution in [0.4, 0.5) is 0 Å². The zero-order chi connectivity index (χ0) is 20.6. The van der Waals surface area contributed by atoms with Crippen LogP contribution in [0, 0.1) is 0 Å². The van der Waals surface area contributed by atoms with Crippen LogP contribution in [-0.4, -0.2) is 63.3 Å². The van der Waals surface area contributed by atoms with Crippen molar-refractivity contribution in [1.82, 2.24) is 19.7 Å². The number of carbonyl (C=O) groups excluding carboxylic acids is 1. The Morgan fingerprint density at radius 3 is 2.55 bits per heavy atom.